The summed E-state index contributed by atoms with van der Waals surface area (Å²) >= 11 is 7.29. The van der Waals surface area contributed by atoms with Gasteiger partial charge in [0.15, 0.2) is 0 Å². The Labute approximate surface area is 393 Å². The zero-order valence-corrected chi connectivity index (χ0v) is 38.6. The lowest BCUT2D eigenvalue weighted by Gasteiger charge is -2.15. The second-order valence-electron chi connectivity index (χ2n) is 15.0. The minimum absolute atomic E-state index is 0.154. The molecule has 0 unspecified atom stereocenters. The Bertz CT molecular complexity index is 2410. The number of benzene rings is 7. The van der Waals surface area contributed by atoms with Crippen LogP contribution in [0.1, 0.15) is 49.3 Å². The topological polar surface area (TPSA) is 60.5 Å². The summed E-state index contributed by atoms with van der Waals surface area (Å²) in [7, 11) is 0. The highest BCUT2D eigenvalue weighted by molar-refractivity contribution is 7.99. The van der Waals surface area contributed by atoms with E-state index in [1.54, 1.807) is 24.5 Å². The summed E-state index contributed by atoms with van der Waals surface area (Å²) in [6, 6.07) is 65.0. The van der Waals surface area contributed by atoms with Crippen molar-refractivity contribution in [3.8, 4) is 11.5 Å². The Morgan fingerprint density at radius 2 is 0.734 bits per heavy atom. The van der Waals surface area contributed by atoms with Crippen LogP contribution >= 0.6 is 47.0 Å². The molecule has 0 saturated carbocycles. The fourth-order valence-corrected chi connectivity index (χ4v) is 10.3. The van der Waals surface area contributed by atoms with Gasteiger partial charge in [0.2, 0.25) is 0 Å². The number of ether oxygens (including phenoxy) is 2. The van der Waals surface area contributed by atoms with E-state index in [1.165, 1.54) is 41.8 Å². The molecule has 0 radical (unpaired) electrons. The number of hydrogen-bond acceptors (Lipinski definition) is 8. The number of nitrogens with one attached hydrogen (secondary N) is 1. The van der Waals surface area contributed by atoms with Crippen LogP contribution in [0.3, 0.4) is 0 Å². The Morgan fingerprint density at radius 1 is 0.406 bits per heavy atom. The van der Waals surface area contributed by atoms with Gasteiger partial charge >= 0.3 is 0 Å². The molecule has 1 N–H and O–H groups in total. The maximum atomic E-state index is 13.1. The number of rotatable bonds is 21. The van der Waals surface area contributed by atoms with Crippen LogP contribution in [0.2, 0.25) is 0 Å². The molecule has 0 saturated heterocycles. The summed E-state index contributed by atoms with van der Waals surface area (Å²) in [6.45, 7) is 1.06. The molecule has 64 heavy (non-hydrogen) atoms. The van der Waals surface area contributed by atoms with E-state index in [4.69, 9.17) is 9.47 Å². The van der Waals surface area contributed by atoms with Crippen molar-refractivity contribution in [3.63, 3.8) is 0 Å². The molecule has 7 aromatic carbocycles. The van der Waals surface area contributed by atoms with Gasteiger partial charge in [0.05, 0.1) is 0 Å². The Kier molecular flexibility index (Phi) is 16.6. The van der Waals surface area contributed by atoms with Gasteiger partial charge in [0, 0.05) is 67.1 Å². The van der Waals surface area contributed by atoms with Crippen molar-refractivity contribution in [2.45, 2.75) is 62.4 Å². The molecule has 8 rings (SSSR count). The van der Waals surface area contributed by atoms with Crippen LogP contribution in [0.25, 0.3) is 0 Å². The highest BCUT2D eigenvalue weighted by atomic mass is 32.2. The Hall–Kier alpha value is -5.84. The van der Waals surface area contributed by atoms with Crippen LogP contribution in [0.5, 0.6) is 11.5 Å². The highest BCUT2D eigenvalue weighted by Crippen LogP contribution is 2.32. The van der Waals surface area contributed by atoms with Gasteiger partial charge in [0.25, 0.3) is 5.91 Å². The van der Waals surface area contributed by atoms with Crippen LogP contribution in [-0.2, 0) is 42.8 Å². The molecule has 0 aliphatic rings. The summed E-state index contributed by atoms with van der Waals surface area (Å²) in [6.07, 6.45) is 3.26. The lowest BCUT2D eigenvalue weighted by atomic mass is 10.1. The molecule has 5 nitrogen and oxygen atoms in total. The summed E-state index contributed by atoms with van der Waals surface area (Å²) in [5, 5.41) is 3.10. The molecule has 1 heterocycles. The minimum Gasteiger partial charge on any atom is -0.489 e. The number of aromatic nitrogens is 1. The van der Waals surface area contributed by atoms with E-state index < -0.39 is 0 Å². The largest absolute Gasteiger partial charge is 0.489 e. The van der Waals surface area contributed by atoms with E-state index >= 15 is 0 Å². The summed E-state index contributed by atoms with van der Waals surface area (Å²) in [5.41, 5.74) is 8.35. The van der Waals surface area contributed by atoms with Crippen molar-refractivity contribution >= 4 is 53.0 Å². The average molecular weight is 913 g/mol. The van der Waals surface area contributed by atoms with Gasteiger partial charge in [-0.15, -0.1) is 47.0 Å². The Balaban J connectivity index is 1.02. The molecule has 0 atom stereocenters. The molecule has 320 valence electrons. The molecule has 0 fully saturated rings. The van der Waals surface area contributed by atoms with Gasteiger partial charge in [-0.1, -0.05) is 97.1 Å². The maximum absolute atomic E-state index is 13.1. The molecule has 0 bridgehead atoms. The zero-order valence-electron chi connectivity index (χ0n) is 35.3. The molecular weight excluding hydrogens is 865 g/mol. The summed E-state index contributed by atoms with van der Waals surface area (Å²) in [5.74, 6) is 4.83. The number of carbonyl (C=O) groups excluding carboxylic acids is 1. The van der Waals surface area contributed by atoms with Gasteiger partial charge in [0.1, 0.15) is 24.7 Å². The predicted molar refractivity (Wildman–Crippen MR) is 267 cm³/mol. The number of thioether (sulfide) groups is 4. The second kappa shape index (κ2) is 23.7. The van der Waals surface area contributed by atoms with E-state index in [-0.39, 0.29) is 5.91 Å². The zero-order chi connectivity index (χ0) is 43.6. The molecule has 9 heteroatoms. The molecule has 0 aliphatic carbocycles. The van der Waals surface area contributed by atoms with Gasteiger partial charge < -0.3 is 14.8 Å². The molecule has 8 aromatic rings. The summed E-state index contributed by atoms with van der Waals surface area (Å²) in [4.78, 5) is 22.1. The van der Waals surface area contributed by atoms with Crippen molar-refractivity contribution in [3.05, 3.63) is 245 Å². The fraction of sp³-hybridized carbons (Fsp3) is 0.127. The fourth-order valence-electron chi connectivity index (χ4n) is 6.92. The van der Waals surface area contributed by atoms with E-state index in [2.05, 4.69) is 162 Å². The van der Waals surface area contributed by atoms with Gasteiger partial charge in [-0.3, -0.25) is 9.78 Å². The van der Waals surface area contributed by atoms with E-state index in [0.29, 0.717) is 25.3 Å². The lowest BCUT2D eigenvalue weighted by molar-refractivity contribution is 0.0950. The first-order valence-corrected chi connectivity index (χ1v) is 25.0. The normalized spacial score (nSPS) is 10.9. The predicted octanol–water partition coefficient (Wildman–Crippen LogP) is 14.3. The Morgan fingerprint density at radius 3 is 1.09 bits per heavy atom. The van der Waals surface area contributed by atoms with Crippen molar-refractivity contribution in [2.24, 2.45) is 0 Å². The van der Waals surface area contributed by atoms with Crippen molar-refractivity contribution in [1.82, 2.24) is 10.3 Å². The monoisotopic (exact) mass is 912 g/mol. The quantitative estimate of drug-likeness (QED) is 0.0716. The maximum Gasteiger partial charge on any atom is 0.251 e. The third-order valence-corrected chi connectivity index (χ3v) is 14.3. The number of amides is 1. The molecule has 0 spiro atoms. The standard InChI is InChI=1S/C55H48N2O3S4/c58-55(48-21-23-56-24-22-48)57-34-41-25-42(35-59-49-30-44(37-61-51-13-5-1-6-14-51)28-45(31-49)38-62-52-15-7-2-8-16-52)27-43(26-41)36-60-50-32-46(39-63-53-17-9-3-10-18-53)29-47(33-50)40-64-54-19-11-4-12-20-54/h1-33H,34-40H2,(H,57,58). The third-order valence-electron chi connectivity index (χ3n) is 9.97. The average Bonchev–Trinajstić information content (AvgIpc) is 3.35. The van der Waals surface area contributed by atoms with Gasteiger partial charge in [-0.25, -0.2) is 0 Å². The number of carbonyl (C=O) groups is 1. The highest BCUT2D eigenvalue weighted by Gasteiger charge is 2.11. The number of nitrogens with zero attached hydrogens (tertiary/aromatic N) is 1. The van der Waals surface area contributed by atoms with E-state index in [1.807, 2.05) is 71.3 Å². The third kappa shape index (κ3) is 14.3. The van der Waals surface area contributed by atoms with Gasteiger partial charge in [-0.2, -0.15) is 0 Å². The van der Waals surface area contributed by atoms with Crippen molar-refractivity contribution < 1.29 is 14.3 Å². The smallest absolute Gasteiger partial charge is 0.251 e. The number of pyridine rings is 1. The number of hydrogen-bond donors (Lipinski definition) is 1. The van der Waals surface area contributed by atoms with Crippen LogP contribution in [0.15, 0.2) is 220 Å². The first-order chi connectivity index (χ1) is 31.6. The molecular formula is C55H48N2O3S4. The molecule has 0 aliphatic heterocycles. The van der Waals surface area contributed by atoms with Crippen LogP contribution in [-0.4, -0.2) is 10.9 Å². The van der Waals surface area contributed by atoms with Crippen LogP contribution in [0, 0.1) is 0 Å². The minimum atomic E-state index is -0.154. The second-order valence-corrected chi connectivity index (χ2v) is 19.2. The van der Waals surface area contributed by atoms with Crippen molar-refractivity contribution in [2.75, 3.05) is 0 Å². The van der Waals surface area contributed by atoms with Crippen LogP contribution in [0.4, 0.5) is 0 Å². The molecule has 1 amide bonds. The van der Waals surface area contributed by atoms with E-state index in [0.717, 1.165) is 51.2 Å². The summed E-state index contributed by atoms with van der Waals surface area (Å²) < 4.78 is 13.3. The molecule has 1 aromatic heterocycles. The first-order valence-electron chi connectivity index (χ1n) is 21.1. The lowest BCUT2D eigenvalue weighted by Crippen LogP contribution is -2.23. The van der Waals surface area contributed by atoms with Crippen molar-refractivity contribution in [1.29, 1.82) is 0 Å². The van der Waals surface area contributed by atoms with E-state index in [9.17, 15) is 4.79 Å². The SMILES string of the molecule is O=C(NCc1cc(COc2cc(CSc3ccccc3)cc(CSc3ccccc3)c2)cc(COc2cc(CSc3ccccc3)cc(CSc3ccccc3)c2)c1)c1ccncc1. The van der Waals surface area contributed by atoms with Gasteiger partial charge in [-0.05, 0) is 130 Å². The first kappa shape index (κ1) is 44.8. The van der Waals surface area contributed by atoms with Crippen LogP contribution < -0.4 is 14.8 Å².